The fourth-order valence-corrected chi connectivity index (χ4v) is 18.2. The normalized spacial score (nSPS) is 13.6. The van der Waals surface area contributed by atoms with Crippen LogP contribution in [0.3, 0.4) is 0 Å². The molecule has 0 radical (unpaired) electrons. The maximum Gasteiger partial charge on any atom is 0.137 e. The topological polar surface area (TPSA) is 85.6 Å². The quantitative estimate of drug-likeness (QED) is 0.161. The van der Waals surface area contributed by atoms with Crippen LogP contribution in [0.4, 0.5) is 34.1 Å². The Morgan fingerprint density at radius 3 is 1.36 bits per heavy atom. The number of nitrogens with two attached hydrogens (primary N) is 1. The second-order valence-corrected chi connectivity index (χ2v) is 30.7. The second-order valence-electron chi connectivity index (χ2n) is 29.8. The van der Waals surface area contributed by atoms with Gasteiger partial charge in [0, 0.05) is 92.5 Å². The minimum Gasteiger partial charge on any atom is -0.456 e. The van der Waals surface area contributed by atoms with Gasteiger partial charge < -0.3 is 33.8 Å². The van der Waals surface area contributed by atoms with Gasteiger partial charge >= 0.3 is 0 Å². The van der Waals surface area contributed by atoms with Crippen LogP contribution in [0.15, 0.2) is 345 Å². The number of nitrogens with zero attached hydrogens (tertiary/aromatic N) is 2. The number of furan rings is 3. The first-order chi connectivity index (χ1) is 52.2. The highest BCUT2D eigenvalue weighted by Crippen LogP contribution is 2.57. The van der Waals surface area contributed by atoms with Crippen molar-refractivity contribution in [2.24, 2.45) is 0 Å². The van der Waals surface area contributed by atoms with E-state index >= 15 is 0 Å². The summed E-state index contributed by atoms with van der Waals surface area (Å²) in [6.07, 6.45) is 0. The van der Waals surface area contributed by atoms with Crippen molar-refractivity contribution in [1.29, 1.82) is 0 Å². The fraction of sp³-hybridized carbons (Fsp3) is 0.0909. The van der Waals surface area contributed by atoms with Gasteiger partial charge in [0.05, 0.1) is 38.9 Å². The predicted octanol–water partition coefficient (Wildman–Crippen LogP) is 28.0. The number of aromatic nitrogens is 1. The van der Waals surface area contributed by atoms with Crippen molar-refractivity contribution < 1.29 is 13.3 Å². The van der Waals surface area contributed by atoms with E-state index in [9.17, 15) is 0 Å². The molecule has 0 amide bonds. The number of hydrogen-bond donors (Lipinski definition) is 2. The number of benzene rings is 15. The monoisotopic (exact) mass is 1450 g/mol. The van der Waals surface area contributed by atoms with E-state index in [1.54, 1.807) is 0 Å². The van der Waals surface area contributed by atoms with Crippen molar-refractivity contribution in [3.05, 3.63) is 365 Å². The summed E-state index contributed by atoms with van der Waals surface area (Å²) in [6, 6.07) is 116. The molecule has 4 aromatic heterocycles. The molecular formula is C99H75BrN4O3. The molecule has 8 heteroatoms. The Morgan fingerprint density at radius 2 is 0.729 bits per heavy atom. The summed E-state index contributed by atoms with van der Waals surface area (Å²) in [4.78, 5) is 2.47. The molecule has 107 heavy (non-hydrogen) atoms. The van der Waals surface area contributed by atoms with Gasteiger partial charge in [-0.15, -0.1) is 0 Å². The molecule has 0 fully saturated rings. The number of fused-ring (bicyclic) bond motifs is 21. The third-order valence-electron chi connectivity index (χ3n) is 22.6. The Morgan fingerprint density at radius 1 is 0.318 bits per heavy atom. The van der Waals surface area contributed by atoms with E-state index in [2.05, 4.69) is 321 Å². The molecule has 22 rings (SSSR count). The lowest BCUT2D eigenvalue weighted by Crippen LogP contribution is -2.16. The Hall–Kier alpha value is -12.6. The van der Waals surface area contributed by atoms with Gasteiger partial charge in [0.15, 0.2) is 0 Å². The highest BCUT2D eigenvalue weighted by atomic mass is 79.9. The van der Waals surface area contributed by atoms with Crippen LogP contribution in [0.5, 0.6) is 0 Å². The summed E-state index contributed by atoms with van der Waals surface area (Å²) < 4.78 is 21.7. The Bertz CT molecular complexity index is 6760. The van der Waals surface area contributed by atoms with Crippen molar-refractivity contribution in [2.75, 3.05) is 16.0 Å². The molecule has 3 N–H and O–H groups in total. The summed E-state index contributed by atoms with van der Waals surface area (Å²) >= 11 is 3.54. The molecule has 0 saturated carbocycles. The van der Waals surface area contributed by atoms with Gasteiger partial charge in [0.25, 0.3) is 0 Å². The van der Waals surface area contributed by atoms with Gasteiger partial charge in [0.2, 0.25) is 0 Å². The zero-order valence-corrected chi connectivity index (χ0v) is 61.8. The molecule has 0 aliphatic heterocycles. The summed E-state index contributed by atoms with van der Waals surface area (Å²) in [5.41, 5.74) is 37.4. The molecule has 15 aromatic carbocycles. The van der Waals surface area contributed by atoms with Gasteiger partial charge in [-0.3, -0.25) is 0 Å². The van der Waals surface area contributed by atoms with Gasteiger partial charge in [-0.05, 0) is 159 Å². The van der Waals surface area contributed by atoms with Crippen LogP contribution in [-0.4, -0.2) is 4.57 Å². The Balaban J connectivity index is 0.000000111. The minimum absolute atomic E-state index is 0.00202. The highest BCUT2D eigenvalue weighted by Gasteiger charge is 2.40. The molecule has 3 aliphatic carbocycles. The minimum atomic E-state index is -0.116. The average Bonchev–Trinajstić information content (AvgIpc) is 1.57. The van der Waals surface area contributed by atoms with Crippen molar-refractivity contribution in [3.63, 3.8) is 0 Å². The summed E-state index contributed by atoms with van der Waals surface area (Å²) in [7, 11) is 0. The lowest BCUT2D eigenvalue weighted by atomic mass is 9.82. The van der Waals surface area contributed by atoms with Gasteiger partial charge in [0.1, 0.15) is 33.5 Å². The first kappa shape index (κ1) is 65.2. The smallest absolute Gasteiger partial charge is 0.137 e. The maximum atomic E-state index is 6.45. The zero-order valence-electron chi connectivity index (χ0n) is 60.3. The molecule has 516 valence electrons. The number of anilines is 6. The van der Waals surface area contributed by atoms with Gasteiger partial charge in [-0.2, -0.15) is 0 Å². The molecule has 0 saturated heterocycles. The van der Waals surface area contributed by atoms with Gasteiger partial charge in [-0.25, -0.2) is 0 Å². The standard InChI is InChI=1S/C45H32N2O.C27H21NO.C15H15N.C12H7BrO/c1-45(2)35-19-9-6-17-32(35)43-36(45)20-12-22-39(43)47(40-23-13-25-42-44(40)33-18-8-11-24-41(33)48-42)30-26-27-38-34(28-30)31-16-7-10-21-37(31)46(38)29-14-4-3-5-15-29;1-27(2)19-11-5-3-9-17(19)25-20(27)12-7-13-21(25)28-22-14-8-16-24-26(22)18-10-4-6-15-23(18)29-24;1-15(2)11-7-4-3-6-10(11)14-12(15)8-5-9-13(14)16;13-9-5-3-7-11-12(9)8-4-1-2-6-10(8)14-11/h3-28H,1-2H3;3-16,28H,1-2H3;3-9H,16H2,1-2H3;1-7H. The fourth-order valence-electron chi connectivity index (χ4n) is 17.6. The lowest BCUT2D eigenvalue weighted by molar-refractivity contribution is 0.660. The number of hydrogen-bond acceptors (Lipinski definition) is 6. The number of para-hydroxylation sites is 5. The van der Waals surface area contributed by atoms with E-state index in [1.165, 1.54) is 88.6 Å². The second kappa shape index (κ2) is 25.3. The molecule has 19 aromatic rings. The van der Waals surface area contributed by atoms with Crippen LogP contribution < -0.4 is 16.0 Å². The maximum absolute atomic E-state index is 6.45. The third-order valence-corrected chi connectivity index (χ3v) is 23.3. The van der Waals surface area contributed by atoms with Crippen LogP contribution in [0.2, 0.25) is 0 Å². The molecule has 4 heterocycles. The largest absolute Gasteiger partial charge is 0.456 e. The van der Waals surface area contributed by atoms with Crippen LogP contribution in [0.1, 0.15) is 74.9 Å². The average molecular weight is 1450 g/mol. The van der Waals surface area contributed by atoms with Crippen LogP contribution in [0, 0.1) is 0 Å². The summed E-state index contributed by atoms with van der Waals surface area (Å²) in [5, 5.41) is 13.0. The van der Waals surface area contributed by atoms with E-state index in [4.69, 9.17) is 19.0 Å². The zero-order chi connectivity index (χ0) is 72.5. The highest BCUT2D eigenvalue weighted by molar-refractivity contribution is 9.10. The van der Waals surface area contributed by atoms with Crippen molar-refractivity contribution >= 4 is 138 Å². The van der Waals surface area contributed by atoms with Gasteiger partial charge in [-0.1, -0.05) is 276 Å². The van der Waals surface area contributed by atoms with Crippen LogP contribution >= 0.6 is 15.9 Å². The molecular weight excluding hydrogens is 1370 g/mol. The molecule has 0 bridgehead atoms. The number of rotatable bonds is 6. The molecule has 7 nitrogen and oxygen atoms in total. The van der Waals surface area contributed by atoms with Crippen molar-refractivity contribution in [2.45, 2.75) is 57.8 Å². The predicted molar refractivity (Wildman–Crippen MR) is 451 cm³/mol. The van der Waals surface area contributed by atoms with E-state index in [0.29, 0.717) is 0 Å². The van der Waals surface area contributed by atoms with Crippen LogP contribution in [0.25, 0.3) is 127 Å². The van der Waals surface area contributed by atoms with E-state index in [0.717, 1.165) is 110 Å². The first-order valence-electron chi connectivity index (χ1n) is 36.7. The SMILES string of the molecule is Brc1cccc2oc3ccccc3c12.CC1(C)c2ccccc2-c2c(N(c3ccc4c(c3)c3ccccc3n4-c3ccccc3)c3cccc4oc5ccccc5c34)cccc21.CC1(C)c2ccccc2-c2c(N)cccc21.CC1(C)c2ccccc2-c2c(Nc3cccc4oc5ccccc5c34)cccc21. The number of halogens is 1. The number of nitrogens with one attached hydrogen (secondary N) is 1. The van der Waals surface area contributed by atoms with E-state index in [-0.39, 0.29) is 16.2 Å². The van der Waals surface area contributed by atoms with Crippen molar-refractivity contribution in [3.8, 4) is 39.1 Å². The summed E-state index contributed by atoms with van der Waals surface area (Å²) in [5.74, 6) is 0. The molecule has 0 unspecified atom stereocenters. The third kappa shape index (κ3) is 10.4. The summed E-state index contributed by atoms with van der Waals surface area (Å²) in [6.45, 7) is 13.8. The van der Waals surface area contributed by atoms with Crippen molar-refractivity contribution in [1.82, 2.24) is 4.57 Å². The first-order valence-corrected chi connectivity index (χ1v) is 37.5. The Kier molecular flexibility index (Phi) is 15.4. The van der Waals surface area contributed by atoms with Crippen LogP contribution in [-0.2, 0) is 16.2 Å². The molecule has 3 aliphatic rings. The van der Waals surface area contributed by atoms with E-state index < -0.39 is 0 Å². The Labute approximate surface area is 629 Å². The van der Waals surface area contributed by atoms with E-state index in [1.807, 2.05) is 78.9 Å². The molecule has 0 spiro atoms. The molecule has 0 atom stereocenters. The lowest BCUT2D eigenvalue weighted by Gasteiger charge is -2.29. The number of nitrogen functional groups attached to an aromatic ring is 1.